The number of hydrogen-bond acceptors (Lipinski definition) is 5. The molecule has 1 aromatic rings. The highest BCUT2D eigenvalue weighted by molar-refractivity contribution is 5.55. The molecule has 0 spiro atoms. The van der Waals surface area contributed by atoms with Crippen molar-refractivity contribution in [1.82, 2.24) is 5.32 Å². The standard InChI is InChI=1S/C16H25NO4/c1-3-4-12(5-6-18)9-17-10-13-7-14(19-2)16-15(8-13)20-11-21-16/h7-8,12,17-18H,3-6,9-11H2,1-2H3. The van der Waals surface area contributed by atoms with Crippen molar-refractivity contribution in [2.75, 3.05) is 27.1 Å². The Bertz CT molecular complexity index is 444. The van der Waals surface area contributed by atoms with Gasteiger partial charge in [-0.15, -0.1) is 0 Å². The van der Waals surface area contributed by atoms with Crippen molar-refractivity contribution >= 4 is 0 Å². The van der Waals surface area contributed by atoms with E-state index in [9.17, 15) is 0 Å². The number of fused-ring (bicyclic) bond motifs is 1. The maximum atomic E-state index is 9.08. The van der Waals surface area contributed by atoms with Gasteiger partial charge in [-0.2, -0.15) is 0 Å². The first-order chi connectivity index (χ1) is 10.3. The molecule has 1 heterocycles. The Labute approximate surface area is 126 Å². The third kappa shape index (κ3) is 4.25. The molecule has 0 saturated heterocycles. The second kappa shape index (κ2) is 8.10. The van der Waals surface area contributed by atoms with Crippen molar-refractivity contribution in [3.8, 4) is 17.2 Å². The van der Waals surface area contributed by atoms with E-state index in [-0.39, 0.29) is 13.4 Å². The van der Waals surface area contributed by atoms with Gasteiger partial charge in [-0.1, -0.05) is 13.3 Å². The molecular weight excluding hydrogens is 270 g/mol. The highest BCUT2D eigenvalue weighted by Gasteiger charge is 2.20. The molecule has 118 valence electrons. The van der Waals surface area contributed by atoms with Gasteiger partial charge in [-0.25, -0.2) is 0 Å². The van der Waals surface area contributed by atoms with Crippen LogP contribution in [0.1, 0.15) is 31.7 Å². The molecule has 1 atom stereocenters. The fraction of sp³-hybridized carbons (Fsp3) is 0.625. The lowest BCUT2D eigenvalue weighted by atomic mass is 10.00. The molecule has 5 nitrogen and oxygen atoms in total. The molecule has 0 aliphatic carbocycles. The lowest BCUT2D eigenvalue weighted by molar-refractivity contribution is 0.171. The molecule has 5 heteroatoms. The number of rotatable bonds is 9. The van der Waals surface area contributed by atoms with Gasteiger partial charge in [0.25, 0.3) is 0 Å². The largest absolute Gasteiger partial charge is 0.493 e. The monoisotopic (exact) mass is 295 g/mol. The Morgan fingerprint density at radius 3 is 2.90 bits per heavy atom. The van der Waals surface area contributed by atoms with Crippen LogP contribution in [0.4, 0.5) is 0 Å². The van der Waals surface area contributed by atoms with Crippen LogP contribution in [-0.4, -0.2) is 32.2 Å². The smallest absolute Gasteiger partial charge is 0.231 e. The summed E-state index contributed by atoms with van der Waals surface area (Å²) in [5, 5.41) is 12.5. The van der Waals surface area contributed by atoms with Gasteiger partial charge in [0, 0.05) is 13.2 Å². The Morgan fingerprint density at radius 1 is 1.33 bits per heavy atom. The minimum Gasteiger partial charge on any atom is -0.493 e. The number of benzene rings is 1. The van der Waals surface area contributed by atoms with Crippen LogP contribution in [0.2, 0.25) is 0 Å². The summed E-state index contributed by atoms with van der Waals surface area (Å²) in [5.41, 5.74) is 1.11. The number of hydrogen-bond donors (Lipinski definition) is 2. The van der Waals surface area contributed by atoms with Crippen LogP contribution < -0.4 is 19.5 Å². The molecule has 0 aromatic heterocycles. The Hall–Kier alpha value is -1.46. The first-order valence-electron chi connectivity index (χ1n) is 7.56. The topological polar surface area (TPSA) is 60.0 Å². The van der Waals surface area contributed by atoms with Gasteiger partial charge in [0.2, 0.25) is 12.5 Å². The van der Waals surface area contributed by atoms with Gasteiger partial charge in [0.1, 0.15) is 0 Å². The Balaban J connectivity index is 1.91. The average molecular weight is 295 g/mol. The summed E-state index contributed by atoms with van der Waals surface area (Å²) < 4.78 is 16.1. The summed E-state index contributed by atoms with van der Waals surface area (Å²) in [5.74, 6) is 2.66. The zero-order valence-electron chi connectivity index (χ0n) is 12.9. The van der Waals surface area contributed by atoms with E-state index in [2.05, 4.69) is 12.2 Å². The molecule has 2 rings (SSSR count). The van der Waals surface area contributed by atoms with E-state index >= 15 is 0 Å². The molecule has 1 aromatic carbocycles. The van der Waals surface area contributed by atoms with E-state index in [4.69, 9.17) is 19.3 Å². The van der Waals surface area contributed by atoms with Gasteiger partial charge < -0.3 is 24.6 Å². The molecule has 0 bridgehead atoms. The normalized spacial score (nSPS) is 14.2. The summed E-state index contributed by atoms with van der Waals surface area (Å²) in [6.45, 7) is 4.33. The van der Waals surface area contributed by atoms with Crippen LogP contribution in [-0.2, 0) is 6.54 Å². The third-order valence-corrected chi connectivity index (χ3v) is 3.71. The third-order valence-electron chi connectivity index (χ3n) is 3.71. The summed E-state index contributed by atoms with van der Waals surface area (Å²) in [4.78, 5) is 0. The van der Waals surface area contributed by atoms with Crippen molar-refractivity contribution in [2.45, 2.75) is 32.7 Å². The lowest BCUT2D eigenvalue weighted by Crippen LogP contribution is -2.23. The lowest BCUT2D eigenvalue weighted by Gasteiger charge is -2.16. The molecular formula is C16H25NO4. The van der Waals surface area contributed by atoms with Crippen LogP contribution in [0.3, 0.4) is 0 Å². The Kier molecular flexibility index (Phi) is 6.14. The van der Waals surface area contributed by atoms with Crippen molar-refractivity contribution < 1.29 is 19.3 Å². The zero-order chi connectivity index (χ0) is 15.1. The van der Waals surface area contributed by atoms with Crippen LogP contribution in [0, 0.1) is 5.92 Å². The van der Waals surface area contributed by atoms with E-state index in [0.717, 1.165) is 43.7 Å². The SMILES string of the molecule is CCCC(CCO)CNCc1cc(OC)c2c(c1)OCO2. The molecule has 1 aliphatic rings. The molecule has 1 unspecified atom stereocenters. The summed E-state index contributed by atoms with van der Waals surface area (Å²) >= 11 is 0. The van der Waals surface area contributed by atoms with E-state index in [1.165, 1.54) is 0 Å². The van der Waals surface area contributed by atoms with Crippen molar-refractivity contribution in [2.24, 2.45) is 5.92 Å². The van der Waals surface area contributed by atoms with E-state index in [0.29, 0.717) is 17.4 Å². The van der Waals surface area contributed by atoms with Crippen molar-refractivity contribution in [3.05, 3.63) is 17.7 Å². The molecule has 0 saturated carbocycles. The van der Waals surface area contributed by atoms with Crippen LogP contribution in [0.25, 0.3) is 0 Å². The molecule has 0 fully saturated rings. The average Bonchev–Trinajstić information content (AvgIpc) is 2.95. The van der Waals surface area contributed by atoms with Gasteiger partial charge in [0.05, 0.1) is 7.11 Å². The number of aliphatic hydroxyl groups is 1. The zero-order valence-corrected chi connectivity index (χ0v) is 12.9. The minimum absolute atomic E-state index is 0.248. The maximum absolute atomic E-state index is 9.08. The van der Waals surface area contributed by atoms with E-state index in [1.54, 1.807) is 7.11 Å². The van der Waals surface area contributed by atoms with Gasteiger partial charge in [-0.05, 0) is 43.0 Å². The Morgan fingerprint density at radius 2 is 2.19 bits per heavy atom. The molecule has 2 N–H and O–H groups in total. The number of ether oxygens (including phenoxy) is 3. The first-order valence-corrected chi connectivity index (χ1v) is 7.56. The summed E-state index contributed by atoms with van der Waals surface area (Å²) in [7, 11) is 1.63. The quantitative estimate of drug-likeness (QED) is 0.732. The van der Waals surface area contributed by atoms with E-state index < -0.39 is 0 Å². The molecule has 1 aliphatic heterocycles. The number of nitrogens with one attached hydrogen (secondary N) is 1. The summed E-state index contributed by atoms with van der Waals surface area (Å²) in [6, 6.07) is 3.96. The fourth-order valence-electron chi connectivity index (χ4n) is 2.65. The molecule has 0 radical (unpaired) electrons. The van der Waals surface area contributed by atoms with Gasteiger partial charge in [-0.3, -0.25) is 0 Å². The van der Waals surface area contributed by atoms with Crippen LogP contribution in [0.15, 0.2) is 12.1 Å². The van der Waals surface area contributed by atoms with Crippen LogP contribution in [0.5, 0.6) is 17.2 Å². The number of aliphatic hydroxyl groups excluding tert-OH is 1. The number of methoxy groups -OCH3 is 1. The maximum Gasteiger partial charge on any atom is 0.231 e. The predicted molar refractivity (Wildman–Crippen MR) is 80.9 cm³/mol. The highest BCUT2D eigenvalue weighted by atomic mass is 16.7. The van der Waals surface area contributed by atoms with Crippen molar-refractivity contribution in [3.63, 3.8) is 0 Å². The fourth-order valence-corrected chi connectivity index (χ4v) is 2.65. The first kappa shape index (κ1) is 15.9. The van der Waals surface area contributed by atoms with Crippen molar-refractivity contribution in [1.29, 1.82) is 0 Å². The predicted octanol–water partition coefficient (Wildman–Crippen LogP) is 2.31. The van der Waals surface area contributed by atoms with Gasteiger partial charge >= 0.3 is 0 Å². The minimum atomic E-state index is 0.248. The second-order valence-electron chi connectivity index (χ2n) is 5.33. The second-order valence-corrected chi connectivity index (χ2v) is 5.33. The van der Waals surface area contributed by atoms with Crippen LogP contribution >= 0.6 is 0 Å². The molecule has 21 heavy (non-hydrogen) atoms. The van der Waals surface area contributed by atoms with Gasteiger partial charge in [0.15, 0.2) is 11.5 Å². The summed E-state index contributed by atoms with van der Waals surface area (Å²) in [6.07, 6.45) is 3.13. The molecule has 0 amide bonds. The van der Waals surface area contributed by atoms with E-state index in [1.807, 2.05) is 12.1 Å². The highest BCUT2D eigenvalue weighted by Crippen LogP contribution is 2.41.